The van der Waals surface area contributed by atoms with Gasteiger partial charge in [0.05, 0.1) is 28.3 Å². The van der Waals surface area contributed by atoms with Gasteiger partial charge in [0.15, 0.2) is 5.82 Å². The quantitative estimate of drug-likeness (QED) is 0.349. The maximum absolute atomic E-state index is 13.8. The number of nitrogens with one attached hydrogen (secondary N) is 2. The first-order valence-corrected chi connectivity index (χ1v) is 13.4. The van der Waals surface area contributed by atoms with E-state index in [1.165, 1.54) is 0 Å². The van der Waals surface area contributed by atoms with Crippen molar-refractivity contribution in [2.24, 2.45) is 0 Å². The summed E-state index contributed by atoms with van der Waals surface area (Å²) < 4.78 is 60.5. The molecular weight excluding hydrogens is 518 g/mol. The van der Waals surface area contributed by atoms with Crippen molar-refractivity contribution >= 4 is 33.1 Å². The first-order chi connectivity index (χ1) is 17.9. The molecule has 4 N–H and O–H groups in total. The van der Waals surface area contributed by atoms with Gasteiger partial charge in [0.1, 0.15) is 11.6 Å². The number of aromatic nitrogens is 2. The minimum atomic E-state index is -4.30. The minimum Gasteiger partial charge on any atom is -0.398 e. The number of halogens is 2. The number of nitrogens with zero attached hydrogens (tertiary/aromatic N) is 3. The van der Waals surface area contributed by atoms with Gasteiger partial charge in [-0.3, -0.25) is 9.89 Å². The normalized spacial score (nSPS) is 14.9. The summed E-state index contributed by atoms with van der Waals surface area (Å²) in [6, 6.07) is 7.24. The number of amides is 1. The van der Waals surface area contributed by atoms with Gasteiger partial charge in [0.2, 0.25) is 10.0 Å². The van der Waals surface area contributed by atoms with Gasteiger partial charge < -0.3 is 20.7 Å². The van der Waals surface area contributed by atoms with Gasteiger partial charge in [-0.2, -0.15) is 9.40 Å². The Morgan fingerprint density at radius 3 is 2.53 bits per heavy atom. The molecule has 1 aliphatic heterocycles. The number of hydrogen-bond acceptors (Lipinski definition) is 7. The first kappa shape index (κ1) is 27.5. The third-order valence-corrected chi connectivity index (χ3v) is 8.65. The molecule has 0 saturated carbocycles. The number of hydrogen-bond donors (Lipinski definition) is 3. The molecule has 0 aliphatic carbocycles. The topological polar surface area (TPSA) is 134 Å². The fraction of sp³-hybridized carbons (Fsp3) is 0.360. The SMILES string of the molecule is CCN(CCOC)c1ccc(C(=O)Nc2n[nH]c3c2CN(S(=O)(=O)c2cc(F)cc(F)c2)C3(C)C)c(N)c1. The molecule has 4 rings (SSSR count). The lowest BCUT2D eigenvalue weighted by atomic mass is 10.0. The van der Waals surface area contributed by atoms with Crippen LogP contribution >= 0.6 is 0 Å². The van der Waals surface area contributed by atoms with Crippen LogP contribution in [0.1, 0.15) is 42.4 Å². The van der Waals surface area contributed by atoms with Crippen molar-refractivity contribution in [3.05, 3.63) is 64.9 Å². The summed E-state index contributed by atoms with van der Waals surface area (Å²) in [5, 5.41) is 9.69. The molecule has 0 atom stereocenters. The Kier molecular flexibility index (Phi) is 7.46. The minimum absolute atomic E-state index is 0.139. The van der Waals surface area contributed by atoms with Crippen LogP contribution in [0.4, 0.5) is 26.0 Å². The molecule has 3 aromatic rings. The van der Waals surface area contributed by atoms with Crippen LogP contribution in [0.2, 0.25) is 0 Å². The molecule has 0 unspecified atom stereocenters. The van der Waals surface area contributed by atoms with E-state index in [4.69, 9.17) is 10.5 Å². The van der Waals surface area contributed by atoms with Crippen LogP contribution < -0.4 is 16.0 Å². The number of benzene rings is 2. The Labute approximate surface area is 219 Å². The molecule has 0 radical (unpaired) electrons. The van der Waals surface area contributed by atoms with Gasteiger partial charge in [-0.25, -0.2) is 17.2 Å². The van der Waals surface area contributed by atoms with Crippen molar-refractivity contribution in [2.45, 2.75) is 37.8 Å². The molecule has 0 spiro atoms. The van der Waals surface area contributed by atoms with Crippen LogP contribution in [-0.4, -0.2) is 55.6 Å². The number of fused-ring (bicyclic) bond motifs is 1. The zero-order valence-electron chi connectivity index (χ0n) is 21.5. The van der Waals surface area contributed by atoms with E-state index in [-0.39, 0.29) is 23.6 Å². The number of aromatic amines is 1. The lowest BCUT2D eigenvalue weighted by Crippen LogP contribution is -2.40. The molecule has 38 heavy (non-hydrogen) atoms. The van der Waals surface area contributed by atoms with Crippen molar-refractivity contribution < 1.29 is 26.7 Å². The highest BCUT2D eigenvalue weighted by molar-refractivity contribution is 7.89. The standard InChI is InChI=1S/C25H30F2N6O4S/c1-5-32(8-9-37-4)17-6-7-19(21(28)13-17)24(34)29-23-20-14-33(25(2,3)22(20)30-31-23)38(35,36)18-11-15(26)10-16(27)12-18/h6-7,10-13H,5,8-9,14,28H2,1-4H3,(H2,29,30,31,34). The number of sulfonamides is 1. The maximum atomic E-state index is 13.8. The van der Waals surface area contributed by atoms with Crippen molar-refractivity contribution in [1.29, 1.82) is 0 Å². The van der Waals surface area contributed by atoms with E-state index < -0.39 is 38.0 Å². The summed E-state index contributed by atoms with van der Waals surface area (Å²) >= 11 is 0. The van der Waals surface area contributed by atoms with Gasteiger partial charge in [-0.15, -0.1) is 0 Å². The van der Waals surface area contributed by atoms with E-state index in [1.54, 1.807) is 39.2 Å². The zero-order chi connectivity index (χ0) is 27.8. The van der Waals surface area contributed by atoms with Crippen molar-refractivity contribution in [1.82, 2.24) is 14.5 Å². The largest absolute Gasteiger partial charge is 0.398 e. The van der Waals surface area contributed by atoms with Crippen LogP contribution in [0, 0.1) is 11.6 Å². The number of carbonyl (C=O) groups is 1. The van der Waals surface area contributed by atoms with E-state index in [0.29, 0.717) is 30.5 Å². The van der Waals surface area contributed by atoms with Crippen LogP contribution in [0.3, 0.4) is 0 Å². The number of carbonyl (C=O) groups excluding carboxylic acids is 1. The van der Waals surface area contributed by atoms with Gasteiger partial charge >= 0.3 is 0 Å². The molecule has 2 heterocycles. The third-order valence-electron chi connectivity index (χ3n) is 6.65. The van der Waals surface area contributed by atoms with E-state index in [0.717, 1.165) is 28.7 Å². The van der Waals surface area contributed by atoms with E-state index in [9.17, 15) is 22.0 Å². The van der Waals surface area contributed by atoms with Crippen molar-refractivity contribution in [3.8, 4) is 0 Å². The van der Waals surface area contributed by atoms with E-state index >= 15 is 0 Å². The second-order valence-electron chi connectivity index (χ2n) is 9.40. The fourth-order valence-electron chi connectivity index (χ4n) is 4.58. The lowest BCUT2D eigenvalue weighted by molar-refractivity contribution is 0.102. The Morgan fingerprint density at radius 1 is 1.24 bits per heavy atom. The molecule has 10 nitrogen and oxygen atoms in total. The average molecular weight is 549 g/mol. The number of rotatable bonds is 9. The third kappa shape index (κ3) is 4.96. The number of anilines is 3. The van der Waals surface area contributed by atoms with Gasteiger partial charge in [-0.1, -0.05) is 0 Å². The van der Waals surface area contributed by atoms with Gasteiger partial charge in [0, 0.05) is 49.7 Å². The number of methoxy groups -OCH3 is 1. The molecule has 0 saturated heterocycles. The highest BCUT2D eigenvalue weighted by Gasteiger charge is 2.48. The fourth-order valence-corrected chi connectivity index (χ4v) is 6.35. The number of ether oxygens (including phenoxy) is 1. The molecule has 1 aliphatic rings. The first-order valence-electron chi connectivity index (χ1n) is 11.9. The predicted molar refractivity (Wildman–Crippen MR) is 139 cm³/mol. The van der Waals surface area contributed by atoms with Gasteiger partial charge in [-0.05, 0) is 51.1 Å². The lowest BCUT2D eigenvalue weighted by Gasteiger charge is -2.30. The summed E-state index contributed by atoms with van der Waals surface area (Å²) in [6.45, 7) is 7.03. The monoisotopic (exact) mass is 548 g/mol. The maximum Gasteiger partial charge on any atom is 0.258 e. The van der Waals surface area contributed by atoms with Crippen LogP contribution in [0.25, 0.3) is 0 Å². The highest BCUT2D eigenvalue weighted by Crippen LogP contribution is 2.44. The smallest absolute Gasteiger partial charge is 0.258 e. The zero-order valence-corrected chi connectivity index (χ0v) is 22.3. The molecule has 1 aromatic heterocycles. The predicted octanol–water partition coefficient (Wildman–Crippen LogP) is 3.43. The summed E-state index contributed by atoms with van der Waals surface area (Å²) in [5.41, 5.74) is 7.29. The molecule has 13 heteroatoms. The second-order valence-corrected chi connectivity index (χ2v) is 11.3. The van der Waals surface area contributed by atoms with Crippen LogP contribution in [-0.2, 0) is 26.8 Å². The van der Waals surface area contributed by atoms with Crippen LogP contribution in [0.15, 0.2) is 41.3 Å². The van der Waals surface area contributed by atoms with Crippen molar-refractivity contribution in [3.63, 3.8) is 0 Å². The summed E-state index contributed by atoms with van der Waals surface area (Å²) in [5.74, 6) is -2.38. The Hall–Kier alpha value is -3.55. The molecule has 0 fully saturated rings. The van der Waals surface area contributed by atoms with E-state index in [1.807, 2.05) is 6.92 Å². The van der Waals surface area contributed by atoms with Gasteiger partial charge in [0.25, 0.3) is 5.91 Å². The number of H-pyrrole nitrogens is 1. The Morgan fingerprint density at radius 2 is 1.92 bits per heavy atom. The van der Waals surface area contributed by atoms with E-state index in [2.05, 4.69) is 20.4 Å². The average Bonchev–Trinajstić information content (AvgIpc) is 3.37. The van der Waals surface area contributed by atoms with Crippen LogP contribution in [0.5, 0.6) is 0 Å². The molecule has 0 bridgehead atoms. The summed E-state index contributed by atoms with van der Waals surface area (Å²) in [7, 11) is -2.67. The summed E-state index contributed by atoms with van der Waals surface area (Å²) in [4.78, 5) is 14.6. The Bertz CT molecular complexity index is 1450. The Balaban J connectivity index is 1.58. The number of nitrogen functional groups attached to an aromatic ring is 1. The number of nitrogens with two attached hydrogens (primary N) is 1. The second kappa shape index (κ2) is 10.3. The van der Waals surface area contributed by atoms with Crippen molar-refractivity contribution in [2.75, 3.05) is 42.8 Å². The molecule has 2 aromatic carbocycles. The molecule has 1 amide bonds. The summed E-state index contributed by atoms with van der Waals surface area (Å²) in [6.07, 6.45) is 0. The molecule has 204 valence electrons. The number of likely N-dealkylation sites (N-methyl/N-ethyl adjacent to an activating group) is 1. The molecular formula is C25H30F2N6O4S. The highest BCUT2D eigenvalue weighted by atomic mass is 32.2.